The van der Waals surface area contributed by atoms with Crippen molar-refractivity contribution in [3.63, 3.8) is 0 Å². The van der Waals surface area contributed by atoms with Gasteiger partial charge in [-0.05, 0) is 17.0 Å². The molecule has 1 atom stereocenters. The van der Waals surface area contributed by atoms with Crippen LogP contribution in [-0.2, 0) is 4.79 Å². The minimum Gasteiger partial charge on any atom is -0.496 e. The van der Waals surface area contributed by atoms with Gasteiger partial charge >= 0.3 is 5.97 Å². The molecular formula is C13H13NO3. The van der Waals surface area contributed by atoms with Gasteiger partial charge in [-0.25, -0.2) is 0 Å². The summed E-state index contributed by atoms with van der Waals surface area (Å²) in [5.74, 6) is -0.331. The van der Waals surface area contributed by atoms with E-state index in [0.29, 0.717) is 11.3 Å². The largest absolute Gasteiger partial charge is 0.496 e. The molecule has 0 amide bonds. The zero-order valence-corrected chi connectivity index (χ0v) is 9.38. The lowest BCUT2D eigenvalue weighted by molar-refractivity contribution is -0.138. The third kappa shape index (κ3) is 1.94. The highest BCUT2D eigenvalue weighted by molar-refractivity contribution is 5.94. The van der Waals surface area contributed by atoms with Gasteiger partial charge in [0.25, 0.3) is 0 Å². The second kappa shape index (κ2) is 4.43. The summed E-state index contributed by atoms with van der Waals surface area (Å²) in [6.45, 7) is 0. The van der Waals surface area contributed by atoms with E-state index in [9.17, 15) is 4.79 Å². The first kappa shape index (κ1) is 11.4. The first-order chi connectivity index (χ1) is 8.15. The Morgan fingerprint density at radius 2 is 1.88 bits per heavy atom. The average molecular weight is 231 g/mol. The molecule has 4 heteroatoms. The number of benzene rings is 2. The highest BCUT2D eigenvalue weighted by atomic mass is 16.5. The molecule has 4 nitrogen and oxygen atoms in total. The minimum atomic E-state index is -1.04. The highest BCUT2D eigenvalue weighted by Gasteiger charge is 2.17. The molecule has 1 unspecified atom stereocenters. The molecule has 0 aliphatic rings. The van der Waals surface area contributed by atoms with Gasteiger partial charge < -0.3 is 15.6 Å². The molecule has 0 heterocycles. The normalized spacial score (nSPS) is 12.4. The second-order valence-corrected chi connectivity index (χ2v) is 3.72. The van der Waals surface area contributed by atoms with Crippen LogP contribution in [0.2, 0.25) is 0 Å². The number of ether oxygens (including phenoxy) is 1. The van der Waals surface area contributed by atoms with Crippen LogP contribution in [0.25, 0.3) is 10.8 Å². The number of rotatable bonds is 3. The zero-order valence-electron chi connectivity index (χ0n) is 9.38. The number of fused-ring (bicyclic) bond motifs is 1. The lowest BCUT2D eigenvalue weighted by Gasteiger charge is -2.13. The van der Waals surface area contributed by atoms with Crippen molar-refractivity contribution in [1.29, 1.82) is 0 Å². The predicted molar refractivity (Wildman–Crippen MR) is 65.1 cm³/mol. The lowest BCUT2D eigenvalue weighted by atomic mass is 9.98. The highest BCUT2D eigenvalue weighted by Crippen LogP contribution is 2.30. The molecule has 0 aromatic heterocycles. The molecule has 17 heavy (non-hydrogen) atoms. The van der Waals surface area contributed by atoms with E-state index in [-0.39, 0.29) is 0 Å². The Kier molecular flexibility index (Phi) is 2.97. The molecule has 88 valence electrons. The number of nitrogens with two attached hydrogens (primary N) is 1. The quantitative estimate of drug-likeness (QED) is 0.846. The first-order valence-corrected chi connectivity index (χ1v) is 5.19. The fraction of sp³-hybridized carbons (Fsp3) is 0.154. The number of methoxy groups -OCH3 is 1. The Bertz CT molecular complexity index is 566. The van der Waals surface area contributed by atoms with Crippen LogP contribution in [0.3, 0.4) is 0 Å². The van der Waals surface area contributed by atoms with Gasteiger partial charge in [-0.3, -0.25) is 4.79 Å². The van der Waals surface area contributed by atoms with Crippen LogP contribution in [0.1, 0.15) is 11.6 Å². The minimum absolute atomic E-state index is 0.592. The van der Waals surface area contributed by atoms with Gasteiger partial charge in [0, 0.05) is 5.39 Å². The summed E-state index contributed by atoms with van der Waals surface area (Å²) in [5, 5.41) is 10.6. The first-order valence-electron chi connectivity index (χ1n) is 5.19. The lowest BCUT2D eigenvalue weighted by Crippen LogP contribution is -2.20. The molecule has 2 rings (SSSR count). The van der Waals surface area contributed by atoms with Gasteiger partial charge in [-0.15, -0.1) is 0 Å². The van der Waals surface area contributed by atoms with Crippen molar-refractivity contribution < 1.29 is 14.6 Å². The maximum Gasteiger partial charge on any atom is 0.325 e. The summed E-state index contributed by atoms with van der Waals surface area (Å²) >= 11 is 0. The second-order valence-electron chi connectivity index (χ2n) is 3.72. The fourth-order valence-electron chi connectivity index (χ4n) is 1.88. The van der Waals surface area contributed by atoms with Crippen molar-refractivity contribution in [3.05, 3.63) is 42.0 Å². The molecule has 2 aromatic rings. The van der Waals surface area contributed by atoms with Crippen molar-refractivity contribution in [2.45, 2.75) is 6.04 Å². The molecule has 0 aliphatic carbocycles. The Balaban J connectivity index is 2.70. The van der Waals surface area contributed by atoms with Gasteiger partial charge in [-0.2, -0.15) is 0 Å². The maximum absolute atomic E-state index is 10.9. The summed E-state index contributed by atoms with van der Waals surface area (Å²) in [7, 11) is 1.58. The number of carbonyl (C=O) groups is 1. The standard InChI is InChI=1S/C13H13NO3/c1-17-11-7-6-10(12(14)13(15)16)8-4-2-3-5-9(8)11/h2-7,12H,14H2,1H3,(H,15,16). The van der Waals surface area contributed by atoms with Crippen molar-refractivity contribution >= 4 is 16.7 Å². The SMILES string of the molecule is COc1ccc(C(N)C(=O)O)c2ccccc12. The van der Waals surface area contributed by atoms with Crippen LogP contribution in [0.5, 0.6) is 5.75 Å². The van der Waals surface area contributed by atoms with E-state index >= 15 is 0 Å². The van der Waals surface area contributed by atoms with Crippen molar-refractivity contribution in [2.24, 2.45) is 5.73 Å². The number of carboxylic acid groups (broad SMARTS) is 1. The van der Waals surface area contributed by atoms with Gasteiger partial charge in [-0.1, -0.05) is 30.3 Å². The van der Waals surface area contributed by atoms with E-state index in [2.05, 4.69) is 0 Å². The molecule has 0 saturated carbocycles. The topological polar surface area (TPSA) is 72.5 Å². The molecule has 2 aromatic carbocycles. The van der Waals surface area contributed by atoms with Crippen molar-refractivity contribution in [3.8, 4) is 5.75 Å². The molecule has 0 bridgehead atoms. The van der Waals surface area contributed by atoms with Crippen LogP contribution < -0.4 is 10.5 Å². The molecular weight excluding hydrogens is 218 g/mol. The van der Waals surface area contributed by atoms with E-state index < -0.39 is 12.0 Å². The summed E-state index contributed by atoms with van der Waals surface area (Å²) in [6, 6.07) is 9.86. The number of hydrogen-bond acceptors (Lipinski definition) is 3. The van der Waals surface area contributed by atoms with Gasteiger partial charge in [0.2, 0.25) is 0 Å². The van der Waals surface area contributed by atoms with Gasteiger partial charge in [0.1, 0.15) is 11.8 Å². The molecule has 0 aliphatic heterocycles. The van der Waals surface area contributed by atoms with E-state index in [4.69, 9.17) is 15.6 Å². The molecule has 3 N–H and O–H groups in total. The van der Waals surface area contributed by atoms with Crippen LogP contribution in [-0.4, -0.2) is 18.2 Å². The number of carboxylic acids is 1. The van der Waals surface area contributed by atoms with E-state index in [0.717, 1.165) is 10.8 Å². The molecule has 0 saturated heterocycles. The number of aliphatic carboxylic acids is 1. The maximum atomic E-state index is 10.9. The van der Waals surface area contributed by atoms with Crippen LogP contribution >= 0.6 is 0 Å². The summed E-state index contributed by atoms with van der Waals surface area (Å²) < 4.78 is 5.23. The Labute approximate surface area is 98.6 Å². The smallest absolute Gasteiger partial charge is 0.325 e. The van der Waals surface area contributed by atoms with Gasteiger partial charge in [0.05, 0.1) is 7.11 Å². The van der Waals surface area contributed by atoms with Gasteiger partial charge in [0.15, 0.2) is 0 Å². The van der Waals surface area contributed by atoms with E-state index in [1.165, 1.54) is 0 Å². The molecule has 0 radical (unpaired) electrons. The van der Waals surface area contributed by atoms with Crippen molar-refractivity contribution in [2.75, 3.05) is 7.11 Å². The van der Waals surface area contributed by atoms with E-state index in [1.807, 2.05) is 24.3 Å². The molecule has 0 fully saturated rings. The van der Waals surface area contributed by atoms with Crippen LogP contribution in [0.4, 0.5) is 0 Å². The average Bonchev–Trinajstić information content (AvgIpc) is 2.36. The van der Waals surface area contributed by atoms with Crippen LogP contribution in [0, 0.1) is 0 Å². The summed E-state index contributed by atoms with van der Waals surface area (Å²) in [4.78, 5) is 10.9. The number of hydrogen-bond donors (Lipinski definition) is 2. The summed E-state index contributed by atoms with van der Waals surface area (Å²) in [5.41, 5.74) is 6.25. The van der Waals surface area contributed by atoms with Crippen LogP contribution in [0.15, 0.2) is 36.4 Å². The zero-order chi connectivity index (χ0) is 12.4. The Hall–Kier alpha value is -2.07. The molecule has 0 spiro atoms. The third-order valence-corrected chi connectivity index (χ3v) is 2.74. The Morgan fingerprint density at radius 3 is 2.47 bits per heavy atom. The van der Waals surface area contributed by atoms with Crippen molar-refractivity contribution in [1.82, 2.24) is 0 Å². The fourth-order valence-corrected chi connectivity index (χ4v) is 1.88. The third-order valence-electron chi connectivity index (χ3n) is 2.74. The predicted octanol–water partition coefficient (Wildman–Crippen LogP) is 1.93. The summed E-state index contributed by atoms with van der Waals surface area (Å²) in [6.07, 6.45) is 0. The Morgan fingerprint density at radius 1 is 1.24 bits per heavy atom. The van der Waals surface area contributed by atoms with E-state index in [1.54, 1.807) is 19.2 Å². The monoisotopic (exact) mass is 231 g/mol.